The average molecular weight is 246 g/mol. The second-order valence-corrected chi connectivity index (χ2v) is 5.43. The fourth-order valence-corrected chi connectivity index (χ4v) is 2.80. The van der Waals surface area contributed by atoms with Crippen LogP contribution in [0.5, 0.6) is 0 Å². The van der Waals surface area contributed by atoms with E-state index in [-0.39, 0.29) is 0 Å². The second kappa shape index (κ2) is 5.43. The molecule has 0 bridgehead atoms. The Balaban J connectivity index is 2.34. The minimum Gasteiger partial charge on any atom is -0.304 e. The zero-order chi connectivity index (χ0) is 12.3. The van der Waals surface area contributed by atoms with Crippen molar-refractivity contribution in [1.82, 2.24) is 9.88 Å². The molecule has 0 saturated heterocycles. The number of aryl methyl sites for hydroxylation is 1. The average Bonchev–Trinajstić information content (AvgIpc) is 2.72. The molecule has 3 heteroatoms. The van der Waals surface area contributed by atoms with Crippen LogP contribution in [0.15, 0.2) is 30.3 Å². The molecule has 0 unspecified atom stereocenters. The smallest absolute Gasteiger partial charge is 0.123 e. The Morgan fingerprint density at radius 2 is 1.88 bits per heavy atom. The molecule has 0 N–H and O–H groups in total. The maximum atomic E-state index is 4.77. The predicted octanol–water partition coefficient (Wildman–Crippen LogP) is 3.43. The molecule has 0 saturated carbocycles. The molecule has 0 amide bonds. The van der Waals surface area contributed by atoms with Gasteiger partial charge in [-0.15, -0.1) is 11.3 Å². The van der Waals surface area contributed by atoms with Crippen molar-refractivity contribution in [3.63, 3.8) is 0 Å². The summed E-state index contributed by atoms with van der Waals surface area (Å²) in [6, 6.07) is 10.4. The molecule has 0 fully saturated rings. The molecule has 90 valence electrons. The highest BCUT2D eigenvalue weighted by Crippen LogP contribution is 2.28. The number of aromatic nitrogens is 1. The van der Waals surface area contributed by atoms with Crippen LogP contribution in [0.25, 0.3) is 10.6 Å². The van der Waals surface area contributed by atoms with Gasteiger partial charge in [-0.1, -0.05) is 37.3 Å². The van der Waals surface area contributed by atoms with Crippen LogP contribution in [-0.4, -0.2) is 24.0 Å². The molecule has 2 rings (SSSR count). The molecule has 1 heterocycles. The van der Waals surface area contributed by atoms with Crippen molar-refractivity contribution in [3.05, 3.63) is 40.9 Å². The fourth-order valence-electron chi connectivity index (χ4n) is 1.79. The van der Waals surface area contributed by atoms with Crippen LogP contribution in [0.2, 0.25) is 0 Å². The van der Waals surface area contributed by atoms with E-state index in [1.807, 2.05) is 17.4 Å². The van der Waals surface area contributed by atoms with Crippen LogP contribution in [0.1, 0.15) is 17.5 Å². The van der Waals surface area contributed by atoms with Crippen LogP contribution >= 0.6 is 11.3 Å². The largest absolute Gasteiger partial charge is 0.304 e. The van der Waals surface area contributed by atoms with Gasteiger partial charge in [-0.05, 0) is 20.5 Å². The monoisotopic (exact) mass is 246 g/mol. The van der Waals surface area contributed by atoms with Crippen LogP contribution in [0, 0.1) is 0 Å². The number of hydrogen-bond acceptors (Lipinski definition) is 3. The van der Waals surface area contributed by atoms with Crippen molar-refractivity contribution < 1.29 is 0 Å². The maximum Gasteiger partial charge on any atom is 0.123 e. The first-order valence-electron chi connectivity index (χ1n) is 5.89. The summed E-state index contributed by atoms with van der Waals surface area (Å²) in [5.74, 6) is 0. The zero-order valence-corrected chi connectivity index (χ0v) is 11.4. The van der Waals surface area contributed by atoms with E-state index in [4.69, 9.17) is 4.98 Å². The van der Waals surface area contributed by atoms with Crippen LogP contribution in [0.4, 0.5) is 0 Å². The van der Waals surface area contributed by atoms with Crippen molar-refractivity contribution >= 4 is 11.3 Å². The van der Waals surface area contributed by atoms with Gasteiger partial charge < -0.3 is 4.90 Å². The van der Waals surface area contributed by atoms with Gasteiger partial charge in [0.15, 0.2) is 0 Å². The minimum absolute atomic E-state index is 0.923. The van der Waals surface area contributed by atoms with Gasteiger partial charge in [0, 0.05) is 17.0 Å². The Hall–Kier alpha value is -1.19. The van der Waals surface area contributed by atoms with Crippen molar-refractivity contribution in [1.29, 1.82) is 0 Å². The summed E-state index contributed by atoms with van der Waals surface area (Å²) in [5, 5.41) is 1.14. The standard InChI is InChI=1S/C14H18N2S/c1-4-13-12(10-16(2)3)15-14(17-13)11-8-6-5-7-9-11/h5-9H,4,10H2,1-3H3. The van der Waals surface area contributed by atoms with E-state index in [9.17, 15) is 0 Å². The first-order valence-corrected chi connectivity index (χ1v) is 6.71. The van der Waals surface area contributed by atoms with Crippen LogP contribution < -0.4 is 0 Å². The molecule has 17 heavy (non-hydrogen) atoms. The van der Waals surface area contributed by atoms with E-state index in [1.165, 1.54) is 16.1 Å². The van der Waals surface area contributed by atoms with Crippen molar-refractivity contribution in [2.24, 2.45) is 0 Å². The summed E-state index contributed by atoms with van der Waals surface area (Å²) in [4.78, 5) is 8.34. The molecule has 0 aliphatic carbocycles. The van der Waals surface area contributed by atoms with E-state index in [1.54, 1.807) is 0 Å². The Morgan fingerprint density at radius 1 is 1.18 bits per heavy atom. The Labute approximate surface area is 107 Å². The van der Waals surface area contributed by atoms with Gasteiger partial charge in [-0.3, -0.25) is 0 Å². The van der Waals surface area contributed by atoms with Gasteiger partial charge in [0.05, 0.1) is 5.69 Å². The van der Waals surface area contributed by atoms with Crippen molar-refractivity contribution in [2.45, 2.75) is 19.9 Å². The summed E-state index contributed by atoms with van der Waals surface area (Å²) >= 11 is 1.82. The van der Waals surface area contributed by atoms with E-state index < -0.39 is 0 Å². The molecule has 2 nitrogen and oxygen atoms in total. The van der Waals surface area contributed by atoms with Crippen molar-refractivity contribution in [2.75, 3.05) is 14.1 Å². The lowest BCUT2D eigenvalue weighted by Crippen LogP contribution is -2.12. The van der Waals surface area contributed by atoms with Gasteiger partial charge in [0.2, 0.25) is 0 Å². The SMILES string of the molecule is CCc1sc(-c2ccccc2)nc1CN(C)C. The molecular formula is C14H18N2S. The second-order valence-electron chi connectivity index (χ2n) is 4.35. The number of nitrogens with zero attached hydrogens (tertiary/aromatic N) is 2. The molecule has 0 spiro atoms. The number of hydrogen-bond donors (Lipinski definition) is 0. The summed E-state index contributed by atoms with van der Waals surface area (Å²) in [7, 11) is 4.17. The zero-order valence-electron chi connectivity index (χ0n) is 10.6. The van der Waals surface area contributed by atoms with E-state index in [0.29, 0.717) is 0 Å². The third-order valence-corrected chi connectivity index (χ3v) is 3.88. The lowest BCUT2D eigenvalue weighted by atomic mass is 10.2. The fraction of sp³-hybridized carbons (Fsp3) is 0.357. The Morgan fingerprint density at radius 3 is 2.47 bits per heavy atom. The van der Waals surface area contributed by atoms with E-state index in [0.717, 1.165) is 18.0 Å². The topological polar surface area (TPSA) is 16.1 Å². The molecule has 2 aromatic rings. The first kappa shape index (κ1) is 12.3. The molecule has 0 atom stereocenters. The lowest BCUT2D eigenvalue weighted by Gasteiger charge is -2.07. The van der Waals surface area contributed by atoms with Crippen LogP contribution in [0.3, 0.4) is 0 Å². The minimum atomic E-state index is 0.923. The summed E-state index contributed by atoms with van der Waals surface area (Å²) in [6.07, 6.45) is 1.06. The summed E-state index contributed by atoms with van der Waals surface area (Å²) in [5.41, 5.74) is 2.44. The maximum absolute atomic E-state index is 4.77. The van der Waals surface area contributed by atoms with Gasteiger partial charge in [-0.2, -0.15) is 0 Å². The van der Waals surface area contributed by atoms with E-state index >= 15 is 0 Å². The molecule has 1 aromatic heterocycles. The highest BCUT2D eigenvalue weighted by molar-refractivity contribution is 7.15. The number of benzene rings is 1. The highest BCUT2D eigenvalue weighted by Gasteiger charge is 2.11. The lowest BCUT2D eigenvalue weighted by molar-refractivity contribution is 0.396. The van der Waals surface area contributed by atoms with Crippen LogP contribution in [-0.2, 0) is 13.0 Å². The molecule has 0 aliphatic heterocycles. The number of thiazole rings is 1. The van der Waals surface area contributed by atoms with Gasteiger partial charge in [0.25, 0.3) is 0 Å². The van der Waals surface area contributed by atoms with Crippen molar-refractivity contribution in [3.8, 4) is 10.6 Å². The Bertz CT molecular complexity index is 474. The van der Waals surface area contributed by atoms with Gasteiger partial charge in [-0.25, -0.2) is 4.98 Å². The third kappa shape index (κ3) is 2.93. The van der Waals surface area contributed by atoms with Gasteiger partial charge >= 0.3 is 0 Å². The van der Waals surface area contributed by atoms with Gasteiger partial charge in [0.1, 0.15) is 5.01 Å². The first-order chi connectivity index (χ1) is 8.20. The normalized spacial score (nSPS) is 11.1. The van der Waals surface area contributed by atoms with E-state index in [2.05, 4.69) is 50.2 Å². The quantitative estimate of drug-likeness (QED) is 0.821. The highest BCUT2D eigenvalue weighted by atomic mass is 32.1. The molecule has 0 aliphatic rings. The third-order valence-electron chi connectivity index (χ3n) is 2.59. The predicted molar refractivity (Wildman–Crippen MR) is 74.3 cm³/mol. The Kier molecular flexibility index (Phi) is 3.92. The number of rotatable bonds is 4. The molecule has 1 aromatic carbocycles. The molecule has 0 radical (unpaired) electrons. The summed E-state index contributed by atoms with van der Waals surface area (Å²) < 4.78 is 0. The summed E-state index contributed by atoms with van der Waals surface area (Å²) in [6.45, 7) is 3.12. The molecular weight excluding hydrogens is 228 g/mol.